The van der Waals surface area contributed by atoms with Gasteiger partial charge >= 0.3 is 24.3 Å². The Morgan fingerprint density at radius 3 is 1.51 bits per heavy atom. The van der Waals surface area contributed by atoms with Gasteiger partial charge < -0.3 is 33.9 Å². The van der Waals surface area contributed by atoms with E-state index in [0.29, 0.717) is 49.8 Å². The number of aromatic nitrogens is 2. The van der Waals surface area contributed by atoms with Gasteiger partial charge in [-0.2, -0.15) is 26.3 Å². The average Bonchev–Trinajstić information content (AvgIpc) is 3.41. The number of morpholine rings is 1. The molecule has 2 aromatic heterocycles. The fraction of sp³-hybridized carbons (Fsp3) is 0.526. The number of hydrogen-bond donors (Lipinski definition) is 1. The van der Waals surface area contributed by atoms with Crippen LogP contribution in [-0.2, 0) is 31.4 Å². The van der Waals surface area contributed by atoms with E-state index in [9.17, 15) is 55.4 Å². The first-order chi connectivity index (χ1) is 36.7. The minimum atomic E-state index is -4.84. The second kappa shape index (κ2) is 25.9. The molecule has 0 spiro atoms. The van der Waals surface area contributed by atoms with Crippen molar-refractivity contribution in [3.05, 3.63) is 94.3 Å². The quantitative estimate of drug-likeness (QED) is 0.0676. The number of Topliss-reactive ketones (excluding diaryl/α,β-unsaturated/α-hetero) is 1. The molecule has 3 heterocycles. The summed E-state index contributed by atoms with van der Waals surface area (Å²) in [4.78, 5) is 76.3. The number of rotatable bonds is 15. The first-order valence-electron chi connectivity index (χ1n) is 26.3. The summed E-state index contributed by atoms with van der Waals surface area (Å²) in [6, 6.07) is 8.77. The van der Waals surface area contributed by atoms with Crippen LogP contribution in [0.25, 0.3) is 0 Å². The Bertz CT molecular complexity index is 2780. The fourth-order valence-electron chi connectivity index (χ4n) is 10.0. The van der Waals surface area contributed by atoms with E-state index in [1.165, 1.54) is 53.4 Å². The van der Waals surface area contributed by atoms with E-state index < -0.39 is 53.0 Å². The summed E-state index contributed by atoms with van der Waals surface area (Å²) in [7, 11) is 1.17. The Balaban J connectivity index is 0.000000254. The van der Waals surface area contributed by atoms with Gasteiger partial charge in [-0.05, 0) is 159 Å². The molecule has 1 N–H and O–H groups in total. The number of alkyl halides is 6. The number of anilines is 2. The lowest BCUT2D eigenvalue weighted by molar-refractivity contribution is -0.139. The number of ether oxygens (including phenoxy) is 4. The molecular formula is C57H69F6N5O10. The molecule has 4 aromatic rings. The molecular weight excluding hydrogens is 1030 g/mol. The van der Waals surface area contributed by atoms with Gasteiger partial charge in [-0.15, -0.1) is 0 Å². The predicted octanol–water partition coefficient (Wildman–Crippen LogP) is 13.0. The number of ketones is 1. The van der Waals surface area contributed by atoms with Gasteiger partial charge in [-0.1, -0.05) is 13.8 Å². The zero-order valence-corrected chi connectivity index (χ0v) is 45.4. The number of carboxylic acids is 1. The Labute approximate surface area is 450 Å². The number of aromatic carboxylic acids is 1. The molecule has 1 saturated heterocycles. The van der Waals surface area contributed by atoms with Gasteiger partial charge in [0, 0.05) is 61.0 Å². The molecule has 0 radical (unpaired) electrons. The summed E-state index contributed by atoms with van der Waals surface area (Å²) < 4.78 is 105. The molecule has 2 saturated carbocycles. The number of methoxy groups -OCH3 is 1. The third kappa shape index (κ3) is 14.9. The molecule has 2 aliphatic carbocycles. The van der Waals surface area contributed by atoms with E-state index in [1.54, 1.807) is 13.8 Å². The highest BCUT2D eigenvalue weighted by Gasteiger charge is 2.39. The zero-order chi connectivity index (χ0) is 57.4. The maximum Gasteiger partial charge on any atom is 0.421 e. The van der Waals surface area contributed by atoms with Crippen molar-refractivity contribution in [3.8, 4) is 23.3 Å². The second-order valence-corrected chi connectivity index (χ2v) is 21.0. The van der Waals surface area contributed by atoms with Crippen molar-refractivity contribution in [2.24, 2.45) is 23.7 Å². The highest BCUT2D eigenvalue weighted by atomic mass is 19.4. The maximum absolute atomic E-state index is 14.1. The third-order valence-corrected chi connectivity index (χ3v) is 14.6. The molecule has 21 heteroatoms. The first kappa shape index (κ1) is 60.6. The molecule has 3 fully saturated rings. The minimum absolute atomic E-state index is 0.0276. The Morgan fingerprint density at radius 1 is 0.654 bits per heavy atom. The molecule has 424 valence electrons. The Hall–Kier alpha value is -6.61. The number of nitrogens with zero attached hydrogens (tertiary/aromatic N) is 5. The third-order valence-electron chi connectivity index (χ3n) is 14.6. The summed E-state index contributed by atoms with van der Waals surface area (Å²) in [6.45, 7) is 16.7. The zero-order valence-electron chi connectivity index (χ0n) is 45.4. The second-order valence-electron chi connectivity index (χ2n) is 21.0. The van der Waals surface area contributed by atoms with Crippen LogP contribution in [0.5, 0.6) is 23.3 Å². The SMILES string of the molecule is CC1CCC(C(=O)N(c2ccc(Oc3ncc(C(C)N4CCOCC4)cc3C(F)(F)F)cc2C(=O)O)C(C)C)CC1.COC(=O)c1cc(Oc2ncc(C(C)=O)cc2C(F)(F)F)ccc1N(C(=O)C1CCC(C)CC1)C(C)C. The van der Waals surface area contributed by atoms with Crippen LogP contribution in [0.4, 0.5) is 37.7 Å². The van der Waals surface area contributed by atoms with E-state index >= 15 is 0 Å². The van der Waals surface area contributed by atoms with E-state index in [0.717, 1.165) is 76.6 Å². The predicted molar refractivity (Wildman–Crippen MR) is 278 cm³/mol. The lowest BCUT2D eigenvalue weighted by Crippen LogP contribution is -2.43. The number of amides is 2. The molecule has 0 bridgehead atoms. The highest BCUT2D eigenvalue weighted by molar-refractivity contribution is 6.05. The number of pyridine rings is 2. The molecule has 2 amide bonds. The van der Waals surface area contributed by atoms with E-state index in [1.807, 2.05) is 25.7 Å². The fourth-order valence-corrected chi connectivity index (χ4v) is 10.0. The van der Waals surface area contributed by atoms with E-state index in [2.05, 4.69) is 23.8 Å². The molecule has 3 aliphatic rings. The van der Waals surface area contributed by atoms with Crippen LogP contribution in [0.3, 0.4) is 0 Å². The number of carbonyl (C=O) groups excluding carboxylic acids is 4. The molecule has 2 aromatic carbocycles. The van der Waals surface area contributed by atoms with Gasteiger partial charge in [0.15, 0.2) is 5.78 Å². The molecule has 15 nitrogen and oxygen atoms in total. The average molecular weight is 1100 g/mol. The van der Waals surface area contributed by atoms with Crippen LogP contribution < -0.4 is 19.3 Å². The number of esters is 1. The van der Waals surface area contributed by atoms with Crippen molar-refractivity contribution < 1.29 is 74.4 Å². The Kier molecular flexibility index (Phi) is 20.1. The molecule has 1 atom stereocenters. The van der Waals surface area contributed by atoms with Crippen LogP contribution in [0, 0.1) is 23.7 Å². The van der Waals surface area contributed by atoms with Crippen molar-refractivity contribution >= 4 is 40.9 Å². The van der Waals surface area contributed by atoms with Crippen LogP contribution in [0.15, 0.2) is 60.9 Å². The molecule has 7 rings (SSSR count). The standard InChI is InChI=1S/C30H38F3N3O5.C27H31F3N2O5/c1-18(2)36(28(37)21-7-5-19(3)6-8-21)26-10-9-23(16-24(26)29(38)39)41-27-25(30(31,32)33)15-22(17-34-27)20(4)35-11-13-40-14-12-35;1-15(2)32(25(34)18-8-6-16(3)7-9-18)23-11-10-20(13-21(23)26(35)36-5)37-24-22(27(28,29)30)12-19(14-31-24)17(4)33/h9-10,15-21H,5-8,11-14H2,1-4H3,(H,38,39);10-16,18H,6-9H2,1-5H3. The van der Waals surface area contributed by atoms with Gasteiger partial charge in [0.2, 0.25) is 23.6 Å². The topological polar surface area (TPSA) is 178 Å². The monoisotopic (exact) mass is 1100 g/mol. The highest BCUT2D eigenvalue weighted by Crippen LogP contribution is 2.42. The van der Waals surface area contributed by atoms with Crippen molar-refractivity contribution in [2.75, 3.05) is 43.2 Å². The number of halogens is 6. The molecule has 1 aliphatic heterocycles. The van der Waals surface area contributed by atoms with E-state index in [-0.39, 0.29) is 81.3 Å². The summed E-state index contributed by atoms with van der Waals surface area (Å²) >= 11 is 0. The lowest BCUT2D eigenvalue weighted by atomic mass is 9.82. The van der Waals surface area contributed by atoms with Crippen molar-refractivity contribution in [1.82, 2.24) is 14.9 Å². The largest absolute Gasteiger partial charge is 0.478 e. The number of hydrogen-bond acceptors (Lipinski definition) is 12. The van der Waals surface area contributed by atoms with Gasteiger partial charge in [0.05, 0.1) is 42.8 Å². The summed E-state index contributed by atoms with van der Waals surface area (Å²) in [5.41, 5.74) is -1.91. The van der Waals surface area contributed by atoms with Crippen LogP contribution in [0.2, 0.25) is 0 Å². The number of benzene rings is 2. The number of carboxylic acid groups (broad SMARTS) is 1. The number of carbonyl (C=O) groups is 5. The van der Waals surface area contributed by atoms with Gasteiger partial charge in [-0.3, -0.25) is 19.3 Å². The first-order valence-corrected chi connectivity index (χ1v) is 26.3. The summed E-state index contributed by atoms with van der Waals surface area (Å²) in [5, 5.41) is 10.0. The molecule has 1 unspecified atom stereocenters. The van der Waals surface area contributed by atoms with Crippen LogP contribution in [-0.4, -0.2) is 95.0 Å². The van der Waals surface area contributed by atoms with Crippen molar-refractivity contribution in [3.63, 3.8) is 0 Å². The smallest absolute Gasteiger partial charge is 0.421 e. The lowest BCUT2D eigenvalue weighted by Gasteiger charge is -2.34. The maximum atomic E-state index is 14.1. The van der Waals surface area contributed by atoms with Crippen LogP contribution >= 0.6 is 0 Å². The molecule has 78 heavy (non-hydrogen) atoms. The summed E-state index contributed by atoms with van der Waals surface area (Å²) in [5.74, 6) is -3.89. The van der Waals surface area contributed by atoms with Crippen molar-refractivity contribution in [2.45, 2.75) is 137 Å². The van der Waals surface area contributed by atoms with Crippen LogP contribution in [0.1, 0.15) is 161 Å². The van der Waals surface area contributed by atoms with Crippen molar-refractivity contribution in [1.29, 1.82) is 0 Å². The van der Waals surface area contributed by atoms with Gasteiger partial charge in [0.1, 0.15) is 22.6 Å². The van der Waals surface area contributed by atoms with Gasteiger partial charge in [0.25, 0.3) is 0 Å². The Morgan fingerprint density at radius 2 is 1.09 bits per heavy atom. The summed E-state index contributed by atoms with van der Waals surface area (Å²) in [6.07, 6.45) is -0.537. The minimum Gasteiger partial charge on any atom is -0.478 e. The van der Waals surface area contributed by atoms with E-state index in [4.69, 9.17) is 18.9 Å². The normalized spacial score (nSPS) is 19.5. The van der Waals surface area contributed by atoms with Gasteiger partial charge in [-0.25, -0.2) is 19.6 Å².